The van der Waals surface area contributed by atoms with E-state index in [-0.39, 0.29) is 0 Å². The maximum absolute atomic E-state index is 5.83. The van der Waals surface area contributed by atoms with E-state index >= 15 is 0 Å². The lowest BCUT2D eigenvalue weighted by Gasteiger charge is -2.11. The number of rotatable bonds is 3. The van der Waals surface area contributed by atoms with Crippen LogP contribution in [0.1, 0.15) is 11.1 Å². The van der Waals surface area contributed by atoms with E-state index in [2.05, 4.69) is 79.0 Å². The summed E-state index contributed by atoms with van der Waals surface area (Å²) in [5, 5.41) is 0. The highest BCUT2D eigenvalue weighted by Gasteiger charge is 2.08. The molecular formula is C14H11Br3O. The first kappa shape index (κ1) is 14.1. The number of hydrogen-bond donors (Lipinski definition) is 0. The van der Waals surface area contributed by atoms with Gasteiger partial charge in [0.25, 0.3) is 0 Å². The Balaban J connectivity index is 2.13. The molecule has 0 unspecified atom stereocenters. The van der Waals surface area contributed by atoms with E-state index in [4.69, 9.17) is 4.74 Å². The lowest BCUT2D eigenvalue weighted by atomic mass is 10.2. The minimum atomic E-state index is 0.555. The average Bonchev–Trinajstić information content (AvgIpc) is 2.30. The van der Waals surface area contributed by atoms with Crippen LogP contribution in [-0.4, -0.2) is 0 Å². The van der Waals surface area contributed by atoms with Crippen molar-refractivity contribution in [3.05, 3.63) is 60.9 Å². The fraction of sp³-hybridized carbons (Fsp3) is 0.143. The van der Waals surface area contributed by atoms with Gasteiger partial charge >= 0.3 is 0 Å². The molecule has 0 saturated heterocycles. The van der Waals surface area contributed by atoms with E-state index in [1.54, 1.807) is 0 Å². The molecule has 4 heteroatoms. The molecule has 0 spiro atoms. The van der Waals surface area contributed by atoms with Crippen molar-refractivity contribution in [1.29, 1.82) is 0 Å². The molecule has 0 aliphatic carbocycles. The monoisotopic (exact) mass is 432 g/mol. The number of benzene rings is 2. The Kier molecular flexibility index (Phi) is 4.87. The zero-order chi connectivity index (χ0) is 13.1. The third-order valence-electron chi connectivity index (χ3n) is 2.47. The molecule has 0 aromatic heterocycles. The Morgan fingerprint density at radius 1 is 0.944 bits per heavy atom. The summed E-state index contributed by atoms with van der Waals surface area (Å²) in [5.41, 5.74) is 2.41. The summed E-state index contributed by atoms with van der Waals surface area (Å²) in [7, 11) is 0. The molecule has 2 aromatic carbocycles. The second-order valence-corrected chi connectivity index (χ2v) is 6.60. The summed E-state index contributed by atoms with van der Waals surface area (Å²) < 4.78 is 8.69. The SMILES string of the molecule is Cc1ccc(COc2c(Br)cc(Br)cc2Br)cc1. The van der Waals surface area contributed by atoms with Crippen LogP contribution in [0.4, 0.5) is 0 Å². The normalized spacial score (nSPS) is 10.4. The fourth-order valence-electron chi connectivity index (χ4n) is 1.51. The van der Waals surface area contributed by atoms with Crippen LogP contribution in [0.2, 0.25) is 0 Å². The Bertz CT molecular complexity index is 526. The van der Waals surface area contributed by atoms with Gasteiger partial charge < -0.3 is 4.74 Å². The second-order valence-electron chi connectivity index (χ2n) is 3.97. The Morgan fingerprint density at radius 2 is 1.50 bits per heavy atom. The standard InChI is InChI=1S/C14H11Br3O/c1-9-2-4-10(5-3-9)8-18-14-12(16)6-11(15)7-13(14)17/h2-7H,8H2,1H3. The lowest BCUT2D eigenvalue weighted by Crippen LogP contribution is -1.97. The van der Waals surface area contributed by atoms with Gasteiger partial charge in [0, 0.05) is 4.47 Å². The van der Waals surface area contributed by atoms with E-state index in [1.807, 2.05) is 12.1 Å². The van der Waals surface area contributed by atoms with Gasteiger partial charge in [-0.05, 0) is 56.5 Å². The summed E-state index contributed by atoms with van der Waals surface area (Å²) in [6.07, 6.45) is 0. The van der Waals surface area contributed by atoms with Crippen molar-refractivity contribution < 1.29 is 4.74 Å². The van der Waals surface area contributed by atoms with Crippen molar-refractivity contribution in [2.75, 3.05) is 0 Å². The van der Waals surface area contributed by atoms with E-state index < -0.39 is 0 Å². The molecule has 0 fully saturated rings. The second kappa shape index (κ2) is 6.22. The Hall–Kier alpha value is -0.320. The van der Waals surface area contributed by atoms with E-state index in [0.29, 0.717) is 6.61 Å². The van der Waals surface area contributed by atoms with Crippen LogP contribution in [0.5, 0.6) is 5.75 Å². The summed E-state index contributed by atoms with van der Waals surface area (Å²) >= 11 is 10.4. The highest BCUT2D eigenvalue weighted by molar-refractivity contribution is 9.11. The molecule has 18 heavy (non-hydrogen) atoms. The van der Waals surface area contributed by atoms with E-state index in [1.165, 1.54) is 5.56 Å². The van der Waals surface area contributed by atoms with Crippen molar-refractivity contribution in [1.82, 2.24) is 0 Å². The van der Waals surface area contributed by atoms with Gasteiger partial charge in [0.05, 0.1) is 8.95 Å². The minimum absolute atomic E-state index is 0.555. The molecular weight excluding hydrogens is 424 g/mol. The van der Waals surface area contributed by atoms with Crippen LogP contribution in [-0.2, 0) is 6.61 Å². The molecule has 0 radical (unpaired) electrons. The molecule has 1 nitrogen and oxygen atoms in total. The minimum Gasteiger partial charge on any atom is -0.487 e. The number of aryl methyl sites for hydroxylation is 1. The zero-order valence-corrected chi connectivity index (χ0v) is 14.5. The van der Waals surface area contributed by atoms with Crippen molar-refractivity contribution >= 4 is 47.8 Å². The molecule has 0 amide bonds. The largest absolute Gasteiger partial charge is 0.487 e. The van der Waals surface area contributed by atoms with E-state index in [0.717, 1.165) is 24.7 Å². The van der Waals surface area contributed by atoms with Crippen molar-refractivity contribution in [3.8, 4) is 5.75 Å². The van der Waals surface area contributed by atoms with Crippen LogP contribution in [0, 0.1) is 6.92 Å². The van der Waals surface area contributed by atoms with Crippen molar-refractivity contribution in [2.45, 2.75) is 13.5 Å². The molecule has 0 aliphatic rings. The molecule has 2 rings (SSSR count). The molecule has 0 aliphatic heterocycles. The Labute approximate surface area is 132 Å². The lowest BCUT2D eigenvalue weighted by molar-refractivity contribution is 0.302. The summed E-state index contributed by atoms with van der Waals surface area (Å²) in [5.74, 6) is 0.818. The first-order valence-corrected chi connectivity index (χ1v) is 7.77. The van der Waals surface area contributed by atoms with Crippen LogP contribution in [0.15, 0.2) is 49.8 Å². The van der Waals surface area contributed by atoms with Gasteiger partial charge in [-0.25, -0.2) is 0 Å². The van der Waals surface area contributed by atoms with Gasteiger partial charge in [-0.3, -0.25) is 0 Å². The first-order chi connectivity index (χ1) is 8.56. The Morgan fingerprint density at radius 3 is 2.06 bits per heavy atom. The van der Waals surface area contributed by atoms with Gasteiger partial charge in [0.2, 0.25) is 0 Å². The van der Waals surface area contributed by atoms with Crippen LogP contribution >= 0.6 is 47.8 Å². The average molecular weight is 435 g/mol. The molecule has 0 heterocycles. The highest BCUT2D eigenvalue weighted by atomic mass is 79.9. The molecule has 94 valence electrons. The van der Waals surface area contributed by atoms with Crippen molar-refractivity contribution in [3.63, 3.8) is 0 Å². The van der Waals surface area contributed by atoms with Crippen LogP contribution in [0.3, 0.4) is 0 Å². The quantitative estimate of drug-likeness (QED) is 0.587. The van der Waals surface area contributed by atoms with Crippen LogP contribution in [0.25, 0.3) is 0 Å². The topological polar surface area (TPSA) is 9.23 Å². The first-order valence-electron chi connectivity index (χ1n) is 5.39. The van der Waals surface area contributed by atoms with Gasteiger partial charge in [0.1, 0.15) is 12.4 Å². The fourth-order valence-corrected chi connectivity index (χ4v) is 3.99. The number of hydrogen-bond acceptors (Lipinski definition) is 1. The van der Waals surface area contributed by atoms with Gasteiger partial charge in [0.15, 0.2) is 0 Å². The third kappa shape index (κ3) is 3.59. The number of ether oxygens (including phenoxy) is 1. The predicted octanol–water partition coefficient (Wildman–Crippen LogP) is 5.86. The molecule has 0 saturated carbocycles. The third-order valence-corrected chi connectivity index (χ3v) is 4.10. The number of halogens is 3. The predicted molar refractivity (Wildman–Crippen MR) is 85.1 cm³/mol. The molecule has 0 atom stereocenters. The maximum Gasteiger partial charge on any atom is 0.148 e. The smallest absolute Gasteiger partial charge is 0.148 e. The maximum atomic E-state index is 5.83. The van der Waals surface area contributed by atoms with E-state index in [9.17, 15) is 0 Å². The molecule has 0 N–H and O–H groups in total. The van der Waals surface area contributed by atoms with Gasteiger partial charge in [-0.2, -0.15) is 0 Å². The summed E-state index contributed by atoms with van der Waals surface area (Å²) in [6, 6.07) is 12.3. The van der Waals surface area contributed by atoms with Gasteiger partial charge in [-0.15, -0.1) is 0 Å². The van der Waals surface area contributed by atoms with Gasteiger partial charge in [-0.1, -0.05) is 45.8 Å². The summed E-state index contributed by atoms with van der Waals surface area (Å²) in [6.45, 7) is 2.63. The van der Waals surface area contributed by atoms with Crippen LogP contribution < -0.4 is 4.74 Å². The van der Waals surface area contributed by atoms with Crippen molar-refractivity contribution in [2.24, 2.45) is 0 Å². The molecule has 2 aromatic rings. The zero-order valence-electron chi connectivity index (χ0n) is 9.71. The highest BCUT2D eigenvalue weighted by Crippen LogP contribution is 2.36. The molecule has 0 bridgehead atoms. The summed E-state index contributed by atoms with van der Waals surface area (Å²) in [4.78, 5) is 0.